The monoisotopic (exact) mass is 459 g/mol. The zero-order valence-corrected chi connectivity index (χ0v) is 19.5. The molecule has 0 spiro atoms. The first-order valence-electron chi connectivity index (χ1n) is 11.1. The molecule has 0 bridgehead atoms. The van der Waals surface area contributed by atoms with Crippen LogP contribution in [0, 0.1) is 18.3 Å². The summed E-state index contributed by atoms with van der Waals surface area (Å²) in [5.74, 6) is 1.40. The number of nitrogens with zero attached hydrogens (tertiary/aromatic N) is 6. The molecule has 1 atom stereocenters. The molecule has 1 amide bonds. The molecule has 33 heavy (non-hydrogen) atoms. The van der Waals surface area contributed by atoms with E-state index in [1.54, 1.807) is 13.1 Å². The van der Waals surface area contributed by atoms with Crippen LogP contribution in [-0.2, 0) is 17.8 Å². The van der Waals surface area contributed by atoms with Gasteiger partial charge in [0, 0.05) is 32.0 Å². The van der Waals surface area contributed by atoms with Crippen LogP contribution in [0.15, 0.2) is 30.5 Å². The quantitative estimate of drug-likeness (QED) is 0.627. The number of nitriles is 1. The smallest absolute Gasteiger partial charge is 0.228 e. The fourth-order valence-corrected chi connectivity index (χ4v) is 5.14. The molecule has 1 saturated heterocycles. The molecule has 5 rings (SSSR count). The molecule has 4 heterocycles. The Kier molecular flexibility index (Phi) is 5.68. The molecular formula is C24H25N7OS. The van der Waals surface area contributed by atoms with Gasteiger partial charge in [0.1, 0.15) is 16.8 Å². The predicted molar refractivity (Wildman–Crippen MR) is 127 cm³/mol. The van der Waals surface area contributed by atoms with Gasteiger partial charge >= 0.3 is 0 Å². The van der Waals surface area contributed by atoms with Crippen LogP contribution < -0.4 is 10.2 Å². The Morgan fingerprint density at radius 2 is 2.06 bits per heavy atom. The number of aromatic nitrogens is 3. The van der Waals surface area contributed by atoms with E-state index < -0.39 is 0 Å². The summed E-state index contributed by atoms with van der Waals surface area (Å²) < 4.78 is 0. The van der Waals surface area contributed by atoms with Crippen molar-refractivity contribution in [3.05, 3.63) is 57.7 Å². The Balaban J connectivity index is 1.53. The molecular weight excluding hydrogens is 434 g/mol. The van der Waals surface area contributed by atoms with Gasteiger partial charge in [-0.15, -0.1) is 0 Å². The SMILES string of the molecule is CC(=O)N1CCc2nc(N3CCC[C@H]3c3ccc(C)cc3)nc(Nc3ncc(C#N)s3)c2C1. The minimum atomic E-state index is 0.0377. The fraction of sp³-hybridized carbons (Fsp3) is 0.375. The summed E-state index contributed by atoms with van der Waals surface area (Å²) in [6, 6.07) is 11.0. The number of nitrogens with one attached hydrogen (secondary N) is 1. The molecule has 2 aliphatic heterocycles. The number of thiazole rings is 1. The lowest BCUT2D eigenvalue weighted by molar-refractivity contribution is -0.129. The van der Waals surface area contributed by atoms with Crippen molar-refractivity contribution < 1.29 is 4.79 Å². The third kappa shape index (κ3) is 4.26. The van der Waals surface area contributed by atoms with Gasteiger partial charge < -0.3 is 15.1 Å². The average molecular weight is 460 g/mol. The van der Waals surface area contributed by atoms with Gasteiger partial charge in [0.2, 0.25) is 11.9 Å². The van der Waals surface area contributed by atoms with Gasteiger partial charge in [0.25, 0.3) is 0 Å². The molecule has 1 N–H and O–H groups in total. The second kappa shape index (κ2) is 8.79. The maximum Gasteiger partial charge on any atom is 0.228 e. The van der Waals surface area contributed by atoms with Crippen LogP contribution >= 0.6 is 11.3 Å². The van der Waals surface area contributed by atoms with Crippen molar-refractivity contribution in [1.82, 2.24) is 19.9 Å². The minimum Gasteiger partial charge on any atom is -0.338 e. The van der Waals surface area contributed by atoms with Crippen molar-refractivity contribution in [1.29, 1.82) is 5.26 Å². The Morgan fingerprint density at radius 1 is 1.24 bits per heavy atom. The van der Waals surface area contributed by atoms with Crippen molar-refractivity contribution in [3.8, 4) is 6.07 Å². The third-order valence-corrected chi connectivity index (χ3v) is 7.12. The number of carbonyl (C=O) groups excluding carboxylic acids is 1. The topological polar surface area (TPSA) is 98.0 Å². The van der Waals surface area contributed by atoms with Crippen molar-refractivity contribution >= 4 is 34.1 Å². The summed E-state index contributed by atoms with van der Waals surface area (Å²) in [7, 11) is 0. The number of hydrogen-bond donors (Lipinski definition) is 1. The van der Waals surface area contributed by atoms with Crippen LogP contribution in [0.5, 0.6) is 0 Å². The Labute approximate surface area is 196 Å². The maximum absolute atomic E-state index is 12.0. The summed E-state index contributed by atoms with van der Waals surface area (Å²) in [4.78, 5) is 30.9. The number of benzene rings is 1. The van der Waals surface area contributed by atoms with Gasteiger partial charge in [0.05, 0.1) is 24.5 Å². The number of fused-ring (bicyclic) bond motifs is 1. The summed E-state index contributed by atoms with van der Waals surface area (Å²) in [6.07, 6.45) is 4.38. The molecule has 0 aliphatic carbocycles. The number of aryl methyl sites for hydroxylation is 1. The van der Waals surface area contributed by atoms with Crippen LogP contribution in [-0.4, -0.2) is 38.8 Å². The van der Waals surface area contributed by atoms with E-state index in [4.69, 9.17) is 15.2 Å². The largest absolute Gasteiger partial charge is 0.338 e. The average Bonchev–Trinajstić information content (AvgIpc) is 3.49. The highest BCUT2D eigenvalue weighted by atomic mass is 32.1. The molecule has 1 aromatic carbocycles. The summed E-state index contributed by atoms with van der Waals surface area (Å²) >= 11 is 1.28. The Morgan fingerprint density at radius 3 is 2.79 bits per heavy atom. The number of anilines is 3. The molecule has 9 heteroatoms. The normalized spacial score (nSPS) is 17.5. The van der Waals surface area contributed by atoms with Crippen molar-refractivity contribution in [2.24, 2.45) is 0 Å². The molecule has 168 valence electrons. The van der Waals surface area contributed by atoms with E-state index >= 15 is 0 Å². The Bertz CT molecular complexity index is 1230. The van der Waals surface area contributed by atoms with E-state index in [2.05, 4.69) is 52.5 Å². The molecule has 2 aromatic heterocycles. The highest BCUT2D eigenvalue weighted by molar-refractivity contribution is 7.16. The van der Waals surface area contributed by atoms with Crippen LogP contribution in [0.2, 0.25) is 0 Å². The zero-order chi connectivity index (χ0) is 22.9. The van der Waals surface area contributed by atoms with Crippen molar-refractivity contribution in [2.45, 2.75) is 45.7 Å². The number of amides is 1. The third-order valence-electron chi connectivity index (χ3n) is 6.31. The molecule has 0 radical (unpaired) electrons. The molecule has 0 unspecified atom stereocenters. The van der Waals surface area contributed by atoms with Crippen molar-refractivity contribution in [2.75, 3.05) is 23.3 Å². The number of carbonyl (C=O) groups is 1. The first-order valence-corrected chi connectivity index (χ1v) is 11.9. The standard InChI is InChI=1S/C24H25N7OS/c1-15-5-7-17(8-6-15)21-4-3-10-31(21)23-27-20-9-11-30(16(2)32)14-19(20)22(28-23)29-24-26-13-18(12-25)33-24/h5-8,13,21H,3-4,9-11,14H2,1-2H3,(H,26,27,28,29)/t21-/m0/s1. The lowest BCUT2D eigenvalue weighted by Crippen LogP contribution is -2.36. The van der Waals surface area contributed by atoms with Gasteiger partial charge in [-0.25, -0.2) is 9.97 Å². The fourth-order valence-electron chi connectivity index (χ4n) is 4.53. The molecule has 8 nitrogen and oxygen atoms in total. The second-order valence-electron chi connectivity index (χ2n) is 8.52. The van der Waals surface area contributed by atoms with Gasteiger partial charge in [-0.1, -0.05) is 41.2 Å². The summed E-state index contributed by atoms with van der Waals surface area (Å²) in [5.41, 5.74) is 4.40. The van der Waals surface area contributed by atoms with Crippen LogP contribution in [0.4, 0.5) is 16.9 Å². The van der Waals surface area contributed by atoms with E-state index in [1.165, 1.54) is 22.5 Å². The first kappa shape index (κ1) is 21.3. The second-order valence-corrected chi connectivity index (χ2v) is 9.55. The molecule has 0 saturated carbocycles. The molecule has 2 aliphatic rings. The van der Waals surface area contributed by atoms with Gasteiger partial charge in [0.15, 0.2) is 5.13 Å². The highest BCUT2D eigenvalue weighted by Crippen LogP contribution is 2.37. The summed E-state index contributed by atoms with van der Waals surface area (Å²) in [5, 5.41) is 13.1. The minimum absolute atomic E-state index is 0.0377. The number of hydrogen-bond acceptors (Lipinski definition) is 8. The van der Waals surface area contributed by atoms with E-state index in [-0.39, 0.29) is 11.9 Å². The first-order chi connectivity index (χ1) is 16.0. The van der Waals surface area contributed by atoms with Crippen LogP contribution in [0.25, 0.3) is 0 Å². The van der Waals surface area contributed by atoms with E-state index in [1.807, 2.05) is 4.90 Å². The van der Waals surface area contributed by atoms with Crippen molar-refractivity contribution in [3.63, 3.8) is 0 Å². The molecule has 1 fully saturated rings. The Hall–Kier alpha value is -3.51. The number of rotatable bonds is 4. The zero-order valence-electron chi connectivity index (χ0n) is 18.7. The van der Waals surface area contributed by atoms with E-state index in [9.17, 15) is 4.79 Å². The lowest BCUT2D eigenvalue weighted by Gasteiger charge is -2.31. The maximum atomic E-state index is 12.0. The van der Waals surface area contributed by atoms with E-state index in [0.29, 0.717) is 41.3 Å². The van der Waals surface area contributed by atoms with Gasteiger partial charge in [-0.3, -0.25) is 4.79 Å². The van der Waals surface area contributed by atoms with E-state index in [0.717, 1.165) is 30.6 Å². The van der Waals surface area contributed by atoms with Crippen LogP contribution in [0.3, 0.4) is 0 Å². The van der Waals surface area contributed by atoms with Gasteiger partial charge in [-0.05, 0) is 25.3 Å². The van der Waals surface area contributed by atoms with Crippen LogP contribution in [0.1, 0.15) is 53.1 Å². The predicted octanol–water partition coefficient (Wildman–Crippen LogP) is 4.10. The summed E-state index contributed by atoms with van der Waals surface area (Å²) in [6.45, 7) is 5.69. The van der Waals surface area contributed by atoms with Gasteiger partial charge in [-0.2, -0.15) is 10.2 Å². The lowest BCUT2D eigenvalue weighted by atomic mass is 10.0. The highest BCUT2D eigenvalue weighted by Gasteiger charge is 2.31. The molecule has 3 aromatic rings.